The van der Waals surface area contributed by atoms with Crippen molar-refractivity contribution in [3.63, 3.8) is 0 Å². The van der Waals surface area contributed by atoms with Gasteiger partial charge in [-0.2, -0.15) is 0 Å². The smallest absolute Gasteiger partial charge is 0.138 e. The summed E-state index contributed by atoms with van der Waals surface area (Å²) in [5.74, 6) is 0.407. The zero-order chi connectivity index (χ0) is 11.1. The van der Waals surface area contributed by atoms with Crippen LogP contribution in [0, 0.1) is 0 Å². The first-order valence-electron chi connectivity index (χ1n) is 5.53. The van der Waals surface area contributed by atoms with E-state index in [1.165, 1.54) is 0 Å². The molecule has 1 aromatic carbocycles. The number of hydrogen-bond acceptors (Lipinski definition) is 2. The van der Waals surface area contributed by atoms with Crippen molar-refractivity contribution in [2.75, 3.05) is 0 Å². The van der Waals surface area contributed by atoms with Gasteiger partial charge in [0.2, 0.25) is 0 Å². The van der Waals surface area contributed by atoms with E-state index in [9.17, 15) is 0 Å². The molecule has 0 radical (unpaired) electrons. The van der Waals surface area contributed by atoms with E-state index in [1.54, 1.807) is 0 Å². The van der Waals surface area contributed by atoms with Crippen LogP contribution in [0.2, 0.25) is 0 Å². The van der Waals surface area contributed by atoms with Gasteiger partial charge in [-0.15, -0.1) is 0 Å². The Bertz CT molecular complexity index is 652. The molecule has 0 bridgehead atoms. The van der Waals surface area contributed by atoms with Crippen LogP contribution in [-0.4, -0.2) is 4.98 Å². The van der Waals surface area contributed by atoms with E-state index in [4.69, 9.17) is 4.42 Å². The van der Waals surface area contributed by atoms with E-state index in [2.05, 4.69) is 24.9 Å². The third kappa shape index (κ3) is 1.23. The summed E-state index contributed by atoms with van der Waals surface area (Å²) in [6.07, 6.45) is 1.82. The molecule has 3 rings (SSSR count). The number of aromatic nitrogens is 1. The van der Waals surface area contributed by atoms with E-state index in [0.29, 0.717) is 5.92 Å². The SMILES string of the molecule is CC(C)c1nccc2oc3ccccc3c12. The Hall–Kier alpha value is -1.83. The first-order valence-corrected chi connectivity index (χ1v) is 5.53. The lowest BCUT2D eigenvalue weighted by Crippen LogP contribution is -1.91. The van der Waals surface area contributed by atoms with Gasteiger partial charge in [0, 0.05) is 17.0 Å². The Labute approximate surface area is 93.9 Å². The zero-order valence-corrected chi connectivity index (χ0v) is 9.40. The molecule has 0 spiro atoms. The molecule has 16 heavy (non-hydrogen) atoms. The average Bonchev–Trinajstić information content (AvgIpc) is 2.66. The highest BCUT2D eigenvalue weighted by molar-refractivity contribution is 6.06. The molecule has 0 saturated heterocycles. The number of para-hydroxylation sites is 1. The molecule has 2 nitrogen and oxygen atoms in total. The van der Waals surface area contributed by atoms with E-state index in [1.807, 2.05) is 30.5 Å². The first kappa shape index (κ1) is 9.40. The van der Waals surface area contributed by atoms with Gasteiger partial charge in [-0.3, -0.25) is 4.98 Å². The van der Waals surface area contributed by atoms with E-state index >= 15 is 0 Å². The van der Waals surface area contributed by atoms with Crippen LogP contribution in [0.15, 0.2) is 40.9 Å². The summed E-state index contributed by atoms with van der Waals surface area (Å²) in [7, 11) is 0. The maximum atomic E-state index is 5.80. The second-order valence-corrected chi connectivity index (χ2v) is 4.32. The summed E-state index contributed by atoms with van der Waals surface area (Å²) in [6.45, 7) is 4.31. The van der Waals surface area contributed by atoms with Gasteiger partial charge in [0.05, 0.1) is 5.69 Å². The number of furan rings is 1. The van der Waals surface area contributed by atoms with Crippen LogP contribution in [0.4, 0.5) is 0 Å². The molecule has 0 aliphatic carbocycles. The lowest BCUT2D eigenvalue weighted by atomic mass is 10.0. The van der Waals surface area contributed by atoms with Crippen molar-refractivity contribution < 1.29 is 4.42 Å². The van der Waals surface area contributed by atoms with Gasteiger partial charge in [0.1, 0.15) is 11.2 Å². The van der Waals surface area contributed by atoms with Crippen LogP contribution in [0.25, 0.3) is 21.9 Å². The fraction of sp³-hybridized carbons (Fsp3) is 0.214. The van der Waals surface area contributed by atoms with Gasteiger partial charge >= 0.3 is 0 Å². The molecule has 2 aromatic heterocycles. The summed E-state index contributed by atoms with van der Waals surface area (Å²) in [6, 6.07) is 10.1. The number of nitrogens with zero attached hydrogens (tertiary/aromatic N) is 1. The molecule has 2 heteroatoms. The maximum absolute atomic E-state index is 5.80. The number of pyridine rings is 1. The molecule has 80 valence electrons. The normalized spacial score (nSPS) is 11.7. The lowest BCUT2D eigenvalue weighted by Gasteiger charge is -2.04. The molecular weight excluding hydrogens is 198 g/mol. The first-order chi connectivity index (χ1) is 7.77. The molecule has 3 aromatic rings. The van der Waals surface area contributed by atoms with Crippen LogP contribution >= 0.6 is 0 Å². The minimum Gasteiger partial charge on any atom is -0.456 e. The number of fused-ring (bicyclic) bond motifs is 3. The van der Waals surface area contributed by atoms with Crippen molar-refractivity contribution in [2.24, 2.45) is 0 Å². The van der Waals surface area contributed by atoms with Crippen LogP contribution in [0.3, 0.4) is 0 Å². The zero-order valence-electron chi connectivity index (χ0n) is 9.40. The predicted octanol–water partition coefficient (Wildman–Crippen LogP) is 4.10. The van der Waals surface area contributed by atoms with Gasteiger partial charge < -0.3 is 4.42 Å². The Morgan fingerprint density at radius 2 is 1.88 bits per heavy atom. The van der Waals surface area contributed by atoms with E-state index in [-0.39, 0.29) is 0 Å². The quantitative estimate of drug-likeness (QED) is 0.605. The minimum absolute atomic E-state index is 0.407. The molecule has 0 N–H and O–H groups in total. The Balaban J connectivity index is 2.53. The Kier molecular flexibility index (Phi) is 1.96. The van der Waals surface area contributed by atoms with Gasteiger partial charge in [-0.1, -0.05) is 32.0 Å². The molecule has 0 aliphatic rings. The fourth-order valence-corrected chi connectivity index (χ4v) is 2.13. The van der Waals surface area contributed by atoms with Crippen molar-refractivity contribution in [1.29, 1.82) is 0 Å². The van der Waals surface area contributed by atoms with E-state index in [0.717, 1.165) is 27.6 Å². The largest absolute Gasteiger partial charge is 0.456 e. The number of benzene rings is 1. The standard InChI is InChI=1S/C14H13NO/c1-9(2)14-13-10-5-3-4-6-11(10)16-12(13)7-8-15-14/h3-9H,1-2H3. The van der Waals surface area contributed by atoms with Crippen molar-refractivity contribution in [3.8, 4) is 0 Å². The monoisotopic (exact) mass is 211 g/mol. The van der Waals surface area contributed by atoms with Crippen LogP contribution in [-0.2, 0) is 0 Å². The lowest BCUT2D eigenvalue weighted by molar-refractivity contribution is 0.667. The molecular formula is C14H13NO. The third-order valence-electron chi connectivity index (χ3n) is 2.87. The molecule has 0 amide bonds. The second kappa shape index (κ2) is 3.34. The Morgan fingerprint density at radius 1 is 1.06 bits per heavy atom. The highest BCUT2D eigenvalue weighted by Crippen LogP contribution is 2.32. The van der Waals surface area contributed by atoms with Crippen molar-refractivity contribution in [3.05, 3.63) is 42.2 Å². The van der Waals surface area contributed by atoms with Gasteiger partial charge in [0.15, 0.2) is 0 Å². The van der Waals surface area contributed by atoms with Crippen LogP contribution < -0.4 is 0 Å². The van der Waals surface area contributed by atoms with Gasteiger partial charge in [0.25, 0.3) is 0 Å². The van der Waals surface area contributed by atoms with Crippen molar-refractivity contribution in [1.82, 2.24) is 4.98 Å². The summed E-state index contributed by atoms with van der Waals surface area (Å²) >= 11 is 0. The van der Waals surface area contributed by atoms with E-state index < -0.39 is 0 Å². The van der Waals surface area contributed by atoms with Gasteiger partial charge in [-0.25, -0.2) is 0 Å². The molecule has 0 unspecified atom stereocenters. The Morgan fingerprint density at radius 3 is 2.69 bits per heavy atom. The summed E-state index contributed by atoms with van der Waals surface area (Å²) < 4.78 is 5.80. The summed E-state index contributed by atoms with van der Waals surface area (Å²) in [5, 5.41) is 2.32. The van der Waals surface area contributed by atoms with Crippen molar-refractivity contribution >= 4 is 21.9 Å². The molecule has 2 heterocycles. The van der Waals surface area contributed by atoms with Crippen LogP contribution in [0.5, 0.6) is 0 Å². The topological polar surface area (TPSA) is 26.0 Å². The minimum atomic E-state index is 0.407. The second-order valence-electron chi connectivity index (χ2n) is 4.32. The molecule has 0 atom stereocenters. The molecule has 0 saturated carbocycles. The number of rotatable bonds is 1. The van der Waals surface area contributed by atoms with Crippen LogP contribution in [0.1, 0.15) is 25.5 Å². The maximum Gasteiger partial charge on any atom is 0.138 e. The predicted molar refractivity (Wildman–Crippen MR) is 65.6 cm³/mol. The fourth-order valence-electron chi connectivity index (χ4n) is 2.13. The molecule has 0 fully saturated rings. The summed E-state index contributed by atoms with van der Waals surface area (Å²) in [4.78, 5) is 4.47. The number of hydrogen-bond donors (Lipinski definition) is 0. The highest BCUT2D eigenvalue weighted by Gasteiger charge is 2.13. The third-order valence-corrected chi connectivity index (χ3v) is 2.87. The average molecular weight is 211 g/mol. The molecule has 0 aliphatic heterocycles. The van der Waals surface area contributed by atoms with Crippen molar-refractivity contribution in [2.45, 2.75) is 19.8 Å². The summed E-state index contributed by atoms with van der Waals surface area (Å²) in [5.41, 5.74) is 2.98. The highest BCUT2D eigenvalue weighted by atomic mass is 16.3. The van der Waals surface area contributed by atoms with Gasteiger partial charge in [-0.05, 0) is 18.1 Å².